The SMILES string of the molecule is Oc1cccc2oc(=S)n(-c3ccccc3)c(=S)c12. The zero-order chi connectivity index (χ0) is 13.4. The van der Waals surface area contributed by atoms with Gasteiger partial charge in [0.2, 0.25) is 0 Å². The van der Waals surface area contributed by atoms with Gasteiger partial charge < -0.3 is 9.52 Å². The van der Waals surface area contributed by atoms with Crippen molar-refractivity contribution in [3.63, 3.8) is 0 Å². The van der Waals surface area contributed by atoms with E-state index < -0.39 is 0 Å². The summed E-state index contributed by atoms with van der Waals surface area (Å²) in [5.41, 5.74) is 1.30. The van der Waals surface area contributed by atoms with E-state index in [0.29, 0.717) is 15.6 Å². The number of nitrogens with zero attached hydrogens (tertiary/aromatic N) is 1. The van der Waals surface area contributed by atoms with Crippen LogP contribution in [0.2, 0.25) is 0 Å². The van der Waals surface area contributed by atoms with Crippen molar-refractivity contribution < 1.29 is 9.52 Å². The van der Waals surface area contributed by atoms with Crippen LogP contribution in [-0.2, 0) is 0 Å². The summed E-state index contributed by atoms with van der Waals surface area (Å²) < 4.78 is 7.63. The van der Waals surface area contributed by atoms with Gasteiger partial charge in [0.05, 0.1) is 11.1 Å². The fourth-order valence-corrected chi connectivity index (χ4v) is 2.69. The first kappa shape index (κ1) is 12.1. The minimum atomic E-state index is 0.0888. The number of para-hydroxylation sites is 1. The Bertz CT molecular complexity index is 866. The van der Waals surface area contributed by atoms with E-state index in [4.69, 9.17) is 28.9 Å². The number of phenols is 1. The van der Waals surface area contributed by atoms with E-state index in [1.54, 1.807) is 22.8 Å². The number of hydrogen-bond donors (Lipinski definition) is 1. The molecule has 1 N–H and O–H groups in total. The van der Waals surface area contributed by atoms with Crippen molar-refractivity contribution in [2.75, 3.05) is 0 Å². The zero-order valence-corrected chi connectivity index (χ0v) is 11.4. The second kappa shape index (κ2) is 4.60. The largest absolute Gasteiger partial charge is 0.507 e. The molecule has 0 bridgehead atoms. The minimum Gasteiger partial charge on any atom is -0.507 e. The molecule has 0 saturated carbocycles. The molecule has 3 aromatic rings. The summed E-state index contributed by atoms with van der Waals surface area (Å²) in [6.07, 6.45) is 0. The lowest BCUT2D eigenvalue weighted by atomic mass is 10.2. The normalized spacial score (nSPS) is 10.7. The molecule has 3 rings (SSSR count). The number of hydrogen-bond acceptors (Lipinski definition) is 4. The van der Waals surface area contributed by atoms with Gasteiger partial charge in [0.15, 0.2) is 0 Å². The Morgan fingerprint density at radius 1 is 0.947 bits per heavy atom. The first-order valence-electron chi connectivity index (χ1n) is 5.62. The topological polar surface area (TPSA) is 38.3 Å². The van der Waals surface area contributed by atoms with E-state index in [1.165, 1.54) is 0 Å². The molecule has 1 heterocycles. The van der Waals surface area contributed by atoms with Crippen molar-refractivity contribution in [2.24, 2.45) is 0 Å². The van der Waals surface area contributed by atoms with Crippen molar-refractivity contribution in [1.82, 2.24) is 4.57 Å². The summed E-state index contributed by atoms with van der Waals surface area (Å²) in [7, 11) is 0. The third-order valence-electron chi connectivity index (χ3n) is 2.82. The van der Waals surface area contributed by atoms with E-state index >= 15 is 0 Å². The van der Waals surface area contributed by atoms with Crippen LogP contribution in [0.1, 0.15) is 0 Å². The van der Waals surface area contributed by atoms with E-state index in [-0.39, 0.29) is 10.6 Å². The highest BCUT2D eigenvalue weighted by Crippen LogP contribution is 2.27. The number of rotatable bonds is 1. The van der Waals surface area contributed by atoms with Gasteiger partial charge in [-0.25, -0.2) is 0 Å². The first-order valence-corrected chi connectivity index (χ1v) is 6.43. The molecule has 0 saturated heterocycles. The maximum atomic E-state index is 9.94. The van der Waals surface area contributed by atoms with Crippen molar-refractivity contribution in [3.05, 3.63) is 58.0 Å². The van der Waals surface area contributed by atoms with Gasteiger partial charge in [-0.1, -0.05) is 36.5 Å². The molecular formula is C14H9NO2S2. The molecule has 0 unspecified atom stereocenters. The van der Waals surface area contributed by atoms with E-state index in [1.807, 2.05) is 30.3 Å². The Labute approximate surface area is 119 Å². The summed E-state index contributed by atoms with van der Waals surface area (Å²) in [6, 6.07) is 14.5. The van der Waals surface area contributed by atoms with Gasteiger partial charge in [-0.3, -0.25) is 4.57 Å². The summed E-state index contributed by atoms with van der Waals surface area (Å²) in [5.74, 6) is 0.0888. The van der Waals surface area contributed by atoms with Gasteiger partial charge >= 0.3 is 0 Å². The van der Waals surface area contributed by atoms with Crippen LogP contribution >= 0.6 is 24.4 Å². The first-order chi connectivity index (χ1) is 9.18. The molecule has 0 aliphatic heterocycles. The average Bonchev–Trinajstić information content (AvgIpc) is 2.39. The van der Waals surface area contributed by atoms with Crippen LogP contribution in [0.25, 0.3) is 16.7 Å². The predicted molar refractivity (Wildman–Crippen MR) is 78.9 cm³/mol. The number of benzene rings is 2. The molecule has 0 aliphatic carbocycles. The van der Waals surface area contributed by atoms with Gasteiger partial charge in [-0.15, -0.1) is 0 Å². The van der Waals surface area contributed by atoms with Crippen LogP contribution in [0.4, 0.5) is 0 Å². The van der Waals surface area contributed by atoms with Crippen molar-refractivity contribution in [2.45, 2.75) is 0 Å². The van der Waals surface area contributed by atoms with Gasteiger partial charge in [0.1, 0.15) is 16.0 Å². The molecule has 94 valence electrons. The van der Waals surface area contributed by atoms with E-state index in [0.717, 1.165) is 5.69 Å². The number of aromatic nitrogens is 1. The van der Waals surface area contributed by atoms with Crippen LogP contribution in [-0.4, -0.2) is 9.67 Å². The highest BCUT2D eigenvalue weighted by Gasteiger charge is 2.09. The van der Waals surface area contributed by atoms with Crippen LogP contribution < -0.4 is 0 Å². The highest BCUT2D eigenvalue weighted by molar-refractivity contribution is 7.72. The smallest absolute Gasteiger partial charge is 0.274 e. The predicted octanol–water partition coefficient (Wildman–Crippen LogP) is 4.39. The molecule has 1 aromatic heterocycles. The van der Waals surface area contributed by atoms with E-state index in [2.05, 4.69) is 0 Å². The summed E-state index contributed by atoms with van der Waals surface area (Å²) in [5, 5.41) is 10.4. The Morgan fingerprint density at radius 2 is 1.68 bits per heavy atom. The summed E-state index contributed by atoms with van der Waals surface area (Å²) in [4.78, 5) is 0.259. The third-order valence-corrected chi connectivity index (χ3v) is 3.47. The van der Waals surface area contributed by atoms with Gasteiger partial charge in [-0.05, 0) is 36.5 Å². The monoisotopic (exact) mass is 287 g/mol. The molecule has 5 heteroatoms. The minimum absolute atomic E-state index is 0.0888. The Balaban J connectivity index is 2.49. The molecule has 0 amide bonds. The van der Waals surface area contributed by atoms with E-state index in [9.17, 15) is 5.11 Å². The summed E-state index contributed by atoms with van der Waals surface area (Å²) in [6.45, 7) is 0. The lowest BCUT2D eigenvalue weighted by Crippen LogP contribution is -1.99. The van der Waals surface area contributed by atoms with Crippen LogP contribution in [0.15, 0.2) is 52.9 Å². The second-order valence-corrected chi connectivity index (χ2v) is 4.73. The molecular weight excluding hydrogens is 278 g/mol. The lowest BCUT2D eigenvalue weighted by Gasteiger charge is -2.09. The van der Waals surface area contributed by atoms with Gasteiger partial charge in [0, 0.05) is 0 Å². The maximum Gasteiger partial charge on any atom is 0.274 e. The molecule has 0 atom stereocenters. The molecule has 0 fully saturated rings. The van der Waals surface area contributed by atoms with Gasteiger partial charge in [0.25, 0.3) is 4.84 Å². The summed E-state index contributed by atoms with van der Waals surface area (Å²) >= 11 is 10.7. The van der Waals surface area contributed by atoms with Crippen molar-refractivity contribution in [3.8, 4) is 11.4 Å². The lowest BCUT2D eigenvalue weighted by molar-refractivity contribution is 0.476. The van der Waals surface area contributed by atoms with Crippen molar-refractivity contribution in [1.29, 1.82) is 0 Å². The Morgan fingerprint density at radius 3 is 2.42 bits per heavy atom. The standard InChI is InChI=1S/C14H9NO2S2/c16-10-7-4-8-11-12(10)13(18)15(14(19)17-11)9-5-2-1-3-6-9/h1-8,16H. The Kier molecular flexibility index (Phi) is 2.93. The number of fused-ring (bicyclic) bond motifs is 1. The van der Waals surface area contributed by atoms with Crippen molar-refractivity contribution >= 4 is 35.4 Å². The molecule has 0 radical (unpaired) electrons. The van der Waals surface area contributed by atoms with Crippen LogP contribution in [0.5, 0.6) is 5.75 Å². The second-order valence-electron chi connectivity index (χ2n) is 3.99. The molecule has 0 spiro atoms. The fraction of sp³-hybridized carbons (Fsp3) is 0. The quantitative estimate of drug-likeness (QED) is 0.674. The molecule has 2 aromatic carbocycles. The van der Waals surface area contributed by atoms with Crippen LogP contribution in [0, 0.1) is 9.48 Å². The molecule has 0 aliphatic rings. The number of aromatic hydroxyl groups is 1. The Hall–Kier alpha value is -1.98. The average molecular weight is 287 g/mol. The fourth-order valence-electron chi connectivity index (χ4n) is 1.95. The molecule has 3 nitrogen and oxygen atoms in total. The third kappa shape index (κ3) is 1.97. The maximum absolute atomic E-state index is 9.94. The number of phenolic OH excluding ortho intramolecular Hbond substituents is 1. The van der Waals surface area contributed by atoms with Gasteiger partial charge in [-0.2, -0.15) is 0 Å². The zero-order valence-electron chi connectivity index (χ0n) is 9.74. The molecule has 19 heavy (non-hydrogen) atoms. The highest BCUT2D eigenvalue weighted by atomic mass is 32.1. The van der Waals surface area contributed by atoms with Crippen LogP contribution in [0.3, 0.4) is 0 Å².